The first kappa shape index (κ1) is 22.5. The molecule has 3 heterocycles. The number of aryl methyl sites for hydroxylation is 1. The molecule has 3 aromatic heterocycles. The van der Waals surface area contributed by atoms with Gasteiger partial charge in [0.15, 0.2) is 17.4 Å². The smallest absolute Gasteiger partial charge is 0.170 e. The molecule has 9 heteroatoms. The van der Waals surface area contributed by atoms with E-state index in [9.17, 15) is 4.39 Å². The number of nitrogens with zero attached hydrogens (tertiary/aromatic N) is 6. The van der Waals surface area contributed by atoms with Crippen LogP contribution in [0.25, 0.3) is 10.9 Å². The Balaban J connectivity index is 1.33. The number of methoxy groups -OCH3 is 1. The lowest BCUT2D eigenvalue weighted by Crippen LogP contribution is -2.08. The monoisotopic (exact) mass is 471 g/mol. The number of hydrogen-bond acceptors (Lipinski definition) is 6. The molecule has 0 aliphatic heterocycles. The van der Waals surface area contributed by atoms with Gasteiger partial charge in [0.25, 0.3) is 0 Å². The number of halogens is 1. The van der Waals surface area contributed by atoms with E-state index in [1.165, 1.54) is 12.7 Å². The number of ether oxygens (including phenoxy) is 1. The van der Waals surface area contributed by atoms with Gasteiger partial charge in [0.1, 0.15) is 5.52 Å². The van der Waals surface area contributed by atoms with E-state index in [-0.39, 0.29) is 18.1 Å². The third-order valence-electron chi connectivity index (χ3n) is 5.99. The highest BCUT2D eigenvalue weighted by atomic mass is 19.1. The first-order valence-electron chi connectivity index (χ1n) is 11.5. The molecular formula is C26H26FN7O. The van der Waals surface area contributed by atoms with Crippen molar-refractivity contribution in [1.82, 2.24) is 29.8 Å². The minimum atomic E-state index is -0.355. The number of nitrogens with one attached hydrogen (secondary N) is 1. The van der Waals surface area contributed by atoms with Crippen molar-refractivity contribution < 1.29 is 9.13 Å². The van der Waals surface area contributed by atoms with Gasteiger partial charge in [0.05, 0.1) is 31.8 Å². The van der Waals surface area contributed by atoms with E-state index in [0.29, 0.717) is 24.3 Å². The summed E-state index contributed by atoms with van der Waals surface area (Å²) < 4.78 is 23.8. The Bertz CT molecular complexity index is 1430. The third kappa shape index (κ3) is 4.84. The molecule has 0 saturated carbocycles. The molecule has 0 radical (unpaired) electrons. The summed E-state index contributed by atoms with van der Waals surface area (Å²) in [7, 11) is 1.47. The Morgan fingerprint density at radius 1 is 1.03 bits per heavy atom. The molecule has 0 aliphatic carbocycles. The number of anilines is 1. The molecule has 0 fully saturated rings. The van der Waals surface area contributed by atoms with Gasteiger partial charge >= 0.3 is 0 Å². The minimum absolute atomic E-state index is 0.228. The number of aromatic nitrogens is 6. The van der Waals surface area contributed by atoms with Crippen LogP contribution in [0, 0.1) is 5.82 Å². The number of hydrogen-bond donors (Lipinski definition) is 1. The summed E-state index contributed by atoms with van der Waals surface area (Å²) in [4.78, 5) is 0. The predicted octanol–water partition coefficient (Wildman–Crippen LogP) is 4.44. The molecule has 0 atom stereocenters. The molecule has 2 aromatic carbocycles. The SMILES string of the molecule is CCc1ccc(OC)c(F)c1CNc1nncc2nn(Cc3ccc(Cn4cccn4)cc3)cc12. The zero-order valence-electron chi connectivity index (χ0n) is 19.6. The lowest BCUT2D eigenvalue weighted by molar-refractivity contribution is 0.384. The van der Waals surface area contributed by atoms with Crippen molar-refractivity contribution in [3.63, 3.8) is 0 Å². The standard InChI is InChI=1S/C26H26FN7O/c1-3-20-9-10-24(35-2)25(27)21(20)13-28-26-22-17-34(32-23(22)14-29-31-26)16-19-7-5-18(6-8-19)15-33-12-4-11-30-33/h4-12,14,17H,3,13,15-16H2,1-2H3,(H,28,31). The maximum atomic E-state index is 14.9. The largest absolute Gasteiger partial charge is 0.494 e. The van der Waals surface area contributed by atoms with Gasteiger partial charge in [-0.05, 0) is 35.2 Å². The quantitative estimate of drug-likeness (QED) is 0.342. The van der Waals surface area contributed by atoms with Gasteiger partial charge in [-0.3, -0.25) is 9.36 Å². The zero-order chi connectivity index (χ0) is 24.2. The van der Waals surface area contributed by atoms with Gasteiger partial charge in [0, 0.05) is 30.7 Å². The second-order valence-electron chi connectivity index (χ2n) is 8.27. The minimum Gasteiger partial charge on any atom is -0.494 e. The summed E-state index contributed by atoms with van der Waals surface area (Å²) in [6.07, 6.45) is 8.01. The third-order valence-corrected chi connectivity index (χ3v) is 5.99. The average Bonchev–Trinajstić information content (AvgIpc) is 3.54. The van der Waals surface area contributed by atoms with Crippen LogP contribution in [0.3, 0.4) is 0 Å². The van der Waals surface area contributed by atoms with E-state index < -0.39 is 0 Å². The highest BCUT2D eigenvalue weighted by Crippen LogP contribution is 2.26. The maximum Gasteiger partial charge on any atom is 0.170 e. The van der Waals surface area contributed by atoms with Crippen molar-refractivity contribution in [3.05, 3.63) is 95.3 Å². The molecule has 5 aromatic rings. The summed E-state index contributed by atoms with van der Waals surface area (Å²) in [5.74, 6) is 0.436. The molecule has 0 saturated heterocycles. The van der Waals surface area contributed by atoms with Crippen LogP contribution in [0.1, 0.15) is 29.2 Å². The van der Waals surface area contributed by atoms with Crippen LogP contribution in [0.5, 0.6) is 5.75 Å². The first-order chi connectivity index (χ1) is 17.1. The molecule has 0 amide bonds. The topological polar surface area (TPSA) is 82.7 Å². The first-order valence-corrected chi connectivity index (χ1v) is 11.5. The Hall–Kier alpha value is -4.27. The summed E-state index contributed by atoms with van der Waals surface area (Å²) >= 11 is 0. The van der Waals surface area contributed by atoms with E-state index in [0.717, 1.165) is 28.6 Å². The molecule has 0 aliphatic rings. The summed E-state index contributed by atoms with van der Waals surface area (Å²) in [6.45, 7) is 3.61. The van der Waals surface area contributed by atoms with Gasteiger partial charge in [-0.15, -0.1) is 5.10 Å². The van der Waals surface area contributed by atoms with Crippen LogP contribution >= 0.6 is 0 Å². The normalized spacial score (nSPS) is 11.2. The van der Waals surface area contributed by atoms with Gasteiger partial charge in [-0.2, -0.15) is 15.3 Å². The van der Waals surface area contributed by atoms with E-state index in [2.05, 4.69) is 50.0 Å². The fraction of sp³-hybridized carbons (Fsp3) is 0.231. The zero-order valence-corrected chi connectivity index (χ0v) is 19.6. The van der Waals surface area contributed by atoms with Crippen molar-refractivity contribution >= 4 is 16.7 Å². The van der Waals surface area contributed by atoms with Crippen molar-refractivity contribution in [2.45, 2.75) is 33.0 Å². The molecule has 0 spiro atoms. The van der Waals surface area contributed by atoms with Gasteiger partial charge in [-0.1, -0.05) is 37.3 Å². The number of benzene rings is 2. The molecule has 8 nitrogen and oxygen atoms in total. The molecule has 0 unspecified atom stereocenters. The van der Waals surface area contributed by atoms with Gasteiger partial charge in [-0.25, -0.2) is 4.39 Å². The number of fused-ring (bicyclic) bond motifs is 1. The van der Waals surface area contributed by atoms with Crippen LogP contribution in [-0.2, 0) is 26.1 Å². The van der Waals surface area contributed by atoms with Crippen molar-refractivity contribution in [3.8, 4) is 5.75 Å². The highest BCUT2D eigenvalue weighted by molar-refractivity contribution is 5.87. The average molecular weight is 472 g/mol. The maximum absolute atomic E-state index is 14.9. The van der Waals surface area contributed by atoms with Crippen molar-refractivity contribution in [1.29, 1.82) is 0 Å². The predicted molar refractivity (Wildman–Crippen MR) is 132 cm³/mol. The number of rotatable bonds is 9. The van der Waals surface area contributed by atoms with E-state index in [4.69, 9.17) is 4.74 Å². The second kappa shape index (κ2) is 9.92. The Morgan fingerprint density at radius 3 is 2.49 bits per heavy atom. The van der Waals surface area contributed by atoms with Crippen LogP contribution in [0.4, 0.5) is 10.2 Å². The lowest BCUT2D eigenvalue weighted by atomic mass is 10.0. The van der Waals surface area contributed by atoms with Crippen LogP contribution < -0.4 is 10.1 Å². The van der Waals surface area contributed by atoms with E-state index in [1.807, 2.05) is 40.8 Å². The molecule has 178 valence electrons. The van der Waals surface area contributed by atoms with E-state index in [1.54, 1.807) is 18.5 Å². The van der Waals surface area contributed by atoms with Crippen molar-refractivity contribution in [2.24, 2.45) is 0 Å². The highest BCUT2D eigenvalue weighted by Gasteiger charge is 2.15. The second-order valence-corrected chi connectivity index (χ2v) is 8.27. The molecule has 0 bridgehead atoms. The van der Waals surface area contributed by atoms with Gasteiger partial charge < -0.3 is 10.1 Å². The lowest BCUT2D eigenvalue weighted by Gasteiger charge is -2.13. The van der Waals surface area contributed by atoms with Crippen LogP contribution in [-0.4, -0.2) is 36.9 Å². The summed E-state index contributed by atoms with van der Waals surface area (Å²) in [5, 5.41) is 21.3. The Kier molecular flexibility index (Phi) is 6.38. The molecule has 1 N–H and O–H groups in total. The molecular weight excluding hydrogens is 445 g/mol. The fourth-order valence-electron chi connectivity index (χ4n) is 4.13. The summed E-state index contributed by atoms with van der Waals surface area (Å²) in [5.41, 5.74) is 4.51. The molecule has 5 rings (SSSR count). The Morgan fingerprint density at radius 2 is 1.80 bits per heavy atom. The fourth-order valence-corrected chi connectivity index (χ4v) is 4.13. The van der Waals surface area contributed by atoms with Crippen molar-refractivity contribution in [2.75, 3.05) is 12.4 Å². The summed E-state index contributed by atoms with van der Waals surface area (Å²) in [6, 6.07) is 13.9. The van der Waals surface area contributed by atoms with Crippen LogP contribution in [0.2, 0.25) is 0 Å². The molecule has 35 heavy (non-hydrogen) atoms. The Labute approximate surface area is 202 Å². The van der Waals surface area contributed by atoms with E-state index >= 15 is 0 Å². The van der Waals surface area contributed by atoms with Crippen LogP contribution in [0.15, 0.2) is 67.3 Å². The van der Waals surface area contributed by atoms with Gasteiger partial charge in [0.2, 0.25) is 0 Å².